The van der Waals surface area contributed by atoms with Gasteiger partial charge in [0.25, 0.3) is 0 Å². The van der Waals surface area contributed by atoms with Crippen LogP contribution in [0, 0.1) is 0 Å². The number of carbonyl (C=O) groups excluding carboxylic acids is 1. The molecule has 96 valence electrons. The number of fused-ring (bicyclic) bond motifs is 2. The third kappa shape index (κ3) is 2.17. The van der Waals surface area contributed by atoms with Gasteiger partial charge in [0, 0.05) is 17.5 Å². The van der Waals surface area contributed by atoms with Crippen molar-refractivity contribution in [3.8, 4) is 11.5 Å². The van der Waals surface area contributed by atoms with Crippen molar-refractivity contribution < 1.29 is 9.53 Å². The first kappa shape index (κ1) is 12.1. The second kappa shape index (κ2) is 4.59. The number of benzene rings is 2. The number of anilines is 1. The number of hydrogen-bond donors (Lipinski definition) is 0. The van der Waals surface area contributed by atoms with Gasteiger partial charge in [-0.05, 0) is 24.3 Å². The molecule has 0 atom stereocenters. The van der Waals surface area contributed by atoms with Crippen molar-refractivity contribution in [2.75, 3.05) is 4.90 Å². The van der Waals surface area contributed by atoms with E-state index in [-0.39, 0.29) is 5.91 Å². The normalized spacial score (nSPS) is 13.1. The number of rotatable bonds is 0. The summed E-state index contributed by atoms with van der Waals surface area (Å²) in [5.41, 5.74) is 1.68. The number of halogens is 1. The maximum Gasteiger partial charge on any atom is 0.224 e. The molecule has 3 nitrogen and oxygen atoms in total. The van der Waals surface area contributed by atoms with Crippen molar-refractivity contribution in [1.29, 1.82) is 0 Å². The average Bonchev–Trinajstić information content (AvgIpc) is 2.55. The third-order valence-electron chi connectivity index (χ3n) is 3.11. The van der Waals surface area contributed by atoms with Crippen LogP contribution in [-0.2, 0) is 11.3 Å². The van der Waals surface area contributed by atoms with Crippen LogP contribution in [0.3, 0.4) is 0 Å². The monoisotopic (exact) mass is 273 g/mol. The van der Waals surface area contributed by atoms with Crippen LogP contribution >= 0.6 is 11.6 Å². The maximum atomic E-state index is 11.9. The minimum absolute atomic E-state index is 0.0381. The molecule has 2 aromatic carbocycles. The fraction of sp³-hybridized carbons (Fsp3) is 0.133. The summed E-state index contributed by atoms with van der Waals surface area (Å²) < 4.78 is 5.89. The summed E-state index contributed by atoms with van der Waals surface area (Å²) in [6.07, 6.45) is 0. The summed E-state index contributed by atoms with van der Waals surface area (Å²) in [5.74, 6) is 1.38. The van der Waals surface area contributed by atoms with Crippen LogP contribution in [0.5, 0.6) is 11.5 Å². The number of ether oxygens (including phenoxy) is 1. The molecule has 1 aliphatic heterocycles. The molecule has 1 heterocycles. The lowest BCUT2D eigenvalue weighted by Crippen LogP contribution is -2.27. The van der Waals surface area contributed by atoms with Gasteiger partial charge in [0.1, 0.15) is 5.75 Å². The minimum atomic E-state index is -0.0381. The van der Waals surface area contributed by atoms with Crippen molar-refractivity contribution >= 4 is 23.2 Å². The molecular formula is C15H12ClNO2. The van der Waals surface area contributed by atoms with Crippen LogP contribution in [0.15, 0.2) is 42.5 Å². The molecule has 0 aromatic heterocycles. The minimum Gasteiger partial charge on any atom is -0.455 e. The molecule has 0 unspecified atom stereocenters. The van der Waals surface area contributed by atoms with E-state index >= 15 is 0 Å². The summed E-state index contributed by atoms with van der Waals surface area (Å²) >= 11 is 6.02. The van der Waals surface area contributed by atoms with Gasteiger partial charge in [-0.15, -0.1) is 0 Å². The topological polar surface area (TPSA) is 29.5 Å². The molecule has 0 saturated carbocycles. The standard InChI is InChI=1S/C15H12ClNO2/c1-10(18)17-9-11-4-2-3-5-14(11)19-15-7-6-12(16)8-13(15)17/h2-8H,9H2,1H3. The van der Waals surface area contributed by atoms with E-state index in [2.05, 4.69) is 0 Å². The van der Waals surface area contributed by atoms with E-state index in [1.807, 2.05) is 24.3 Å². The van der Waals surface area contributed by atoms with Crippen molar-refractivity contribution in [1.82, 2.24) is 0 Å². The van der Waals surface area contributed by atoms with Gasteiger partial charge in [0.15, 0.2) is 5.75 Å². The van der Waals surface area contributed by atoms with Gasteiger partial charge < -0.3 is 9.64 Å². The van der Waals surface area contributed by atoms with Crippen LogP contribution in [0.1, 0.15) is 12.5 Å². The van der Waals surface area contributed by atoms with Crippen molar-refractivity contribution in [2.24, 2.45) is 0 Å². The first-order chi connectivity index (χ1) is 9.15. The van der Waals surface area contributed by atoms with Gasteiger partial charge in [0.2, 0.25) is 5.91 Å². The molecule has 0 aliphatic carbocycles. The molecule has 3 rings (SSSR count). The largest absolute Gasteiger partial charge is 0.455 e. The molecular weight excluding hydrogens is 262 g/mol. The number of amides is 1. The van der Waals surface area contributed by atoms with E-state index < -0.39 is 0 Å². The Morgan fingerprint density at radius 2 is 2.00 bits per heavy atom. The Morgan fingerprint density at radius 3 is 2.79 bits per heavy atom. The van der Waals surface area contributed by atoms with Crippen molar-refractivity contribution in [3.05, 3.63) is 53.1 Å². The molecule has 0 radical (unpaired) electrons. The highest BCUT2D eigenvalue weighted by atomic mass is 35.5. The number of hydrogen-bond acceptors (Lipinski definition) is 2. The van der Waals surface area contributed by atoms with Gasteiger partial charge in [-0.3, -0.25) is 4.79 Å². The van der Waals surface area contributed by atoms with Crippen LogP contribution < -0.4 is 9.64 Å². The lowest BCUT2D eigenvalue weighted by atomic mass is 10.2. The van der Waals surface area contributed by atoms with Crippen LogP contribution in [0.25, 0.3) is 0 Å². The lowest BCUT2D eigenvalue weighted by molar-refractivity contribution is -0.116. The van der Waals surface area contributed by atoms with Crippen LogP contribution in [0.4, 0.5) is 5.69 Å². The Morgan fingerprint density at radius 1 is 1.21 bits per heavy atom. The zero-order valence-corrected chi connectivity index (χ0v) is 11.1. The smallest absolute Gasteiger partial charge is 0.224 e. The fourth-order valence-electron chi connectivity index (χ4n) is 2.18. The van der Waals surface area contributed by atoms with Gasteiger partial charge >= 0.3 is 0 Å². The quantitative estimate of drug-likeness (QED) is 0.726. The fourth-order valence-corrected chi connectivity index (χ4v) is 2.34. The Hall–Kier alpha value is -2.00. The Kier molecular flexibility index (Phi) is 2.91. The summed E-state index contributed by atoms with van der Waals surface area (Å²) in [4.78, 5) is 13.5. The van der Waals surface area contributed by atoms with E-state index in [4.69, 9.17) is 16.3 Å². The highest BCUT2D eigenvalue weighted by molar-refractivity contribution is 6.31. The molecule has 4 heteroatoms. The predicted molar refractivity (Wildman–Crippen MR) is 74.8 cm³/mol. The zero-order valence-electron chi connectivity index (χ0n) is 10.4. The van der Waals surface area contributed by atoms with Gasteiger partial charge in [0.05, 0.1) is 12.2 Å². The first-order valence-corrected chi connectivity index (χ1v) is 6.36. The molecule has 0 spiro atoms. The number of carbonyl (C=O) groups is 1. The van der Waals surface area contributed by atoms with Crippen molar-refractivity contribution in [3.63, 3.8) is 0 Å². The molecule has 0 bridgehead atoms. The highest BCUT2D eigenvalue weighted by Gasteiger charge is 2.23. The second-order valence-corrected chi connectivity index (χ2v) is 4.86. The van der Waals surface area contributed by atoms with Gasteiger partial charge in [-0.25, -0.2) is 0 Å². The maximum absolute atomic E-state index is 11.9. The molecule has 0 fully saturated rings. The highest BCUT2D eigenvalue weighted by Crippen LogP contribution is 2.40. The molecule has 2 aromatic rings. The Labute approximate surface area is 116 Å². The van der Waals surface area contributed by atoms with E-state index in [0.29, 0.717) is 23.0 Å². The van der Waals surface area contributed by atoms with Gasteiger partial charge in [-0.1, -0.05) is 29.8 Å². The molecule has 0 saturated heterocycles. The SMILES string of the molecule is CC(=O)N1Cc2ccccc2Oc2ccc(Cl)cc21. The Bertz CT molecular complexity index is 654. The van der Waals surface area contributed by atoms with Gasteiger partial charge in [-0.2, -0.15) is 0 Å². The second-order valence-electron chi connectivity index (χ2n) is 4.43. The third-order valence-corrected chi connectivity index (χ3v) is 3.35. The molecule has 1 aliphatic rings. The molecule has 19 heavy (non-hydrogen) atoms. The Balaban J connectivity index is 2.18. The van der Waals surface area contributed by atoms with E-state index in [9.17, 15) is 4.79 Å². The number of nitrogens with zero attached hydrogens (tertiary/aromatic N) is 1. The predicted octanol–water partition coefficient (Wildman–Crippen LogP) is 4.00. The summed E-state index contributed by atoms with van der Waals surface area (Å²) in [5, 5.41) is 0.583. The first-order valence-electron chi connectivity index (χ1n) is 5.98. The van der Waals surface area contributed by atoms with Crippen molar-refractivity contribution in [2.45, 2.75) is 13.5 Å². The molecule has 1 amide bonds. The van der Waals surface area contributed by atoms with E-state index in [1.54, 1.807) is 30.0 Å². The average molecular weight is 274 g/mol. The molecule has 0 N–H and O–H groups in total. The summed E-state index contributed by atoms with van der Waals surface area (Å²) in [6, 6.07) is 13.0. The summed E-state index contributed by atoms with van der Waals surface area (Å²) in [7, 11) is 0. The van der Waals surface area contributed by atoms with Crippen LogP contribution in [0.2, 0.25) is 5.02 Å². The van der Waals surface area contributed by atoms with E-state index in [1.165, 1.54) is 0 Å². The zero-order chi connectivity index (χ0) is 13.4. The van der Waals surface area contributed by atoms with Crippen LogP contribution in [-0.4, -0.2) is 5.91 Å². The number of para-hydroxylation sites is 1. The van der Waals surface area contributed by atoms with E-state index in [0.717, 1.165) is 11.3 Å². The lowest BCUT2D eigenvalue weighted by Gasteiger charge is -2.20. The summed E-state index contributed by atoms with van der Waals surface area (Å²) in [6.45, 7) is 2.03.